The average molecular weight is 748 g/mol. The van der Waals surface area contributed by atoms with Crippen LogP contribution in [0, 0.1) is 0 Å². The number of phosphoric acid groups is 1. The molecule has 11 heteroatoms. The lowest BCUT2D eigenvalue weighted by Crippen LogP contribution is -2.34. The van der Waals surface area contributed by atoms with E-state index in [9.17, 15) is 19.0 Å². The second kappa shape index (κ2) is 37.0. The van der Waals surface area contributed by atoms with E-state index in [1.165, 1.54) is 135 Å². The van der Waals surface area contributed by atoms with Crippen LogP contribution in [-0.2, 0) is 32.7 Å². The van der Waals surface area contributed by atoms with Crippen molar-refractivity contribution in [2.75, 3.05) is 26.4 Å². The van der Waals surface area contributed by atoms with Gasteiger partial charge >= 0.3 is 19.8 Å². The quantitative estimate of drug-likeness (QED) is 0.0239. The highest BCUT2D eigenvalue weighted by atomic mass is 31.2. The van der Waals surface area contributed by atoms with Crippen molar-refractivity contribution in [2.24, 2.45) is 5.73 Å². The molecular weight excluding hydrogens is 669 g/mol. The van der Waals surface area contributed by atoms with Crippen molar-refractivity contribution in [1.29, 1.82) is 0 Å². The largest absolute Gasteiger partial charge is 0.480 e. The summed E-state index contributed by atoms with van der Waals surface area (Å²) in [5, 5.41) is 8.87. The van der Waals surface area contributed by atoms with Crippen LogP contribution >= 0.6 is 7.82 Å². The Morgan fingerprint density at radius 1 is 0.608 bits per heavy atom. The van der Waals surface area contributed by atoms with Gasteiger partial charge in [-0.05, 0) is 38.5 Å². The molecule has 3 atom stereocenters. The number of esters is 1. The fraction of sp³-hybridized carbons (Fsp3) is 0.900. The molecule has 0 heterocycles. The second-order valence-electron chi connectivity index (χ2n) is 14.1. The number of hydrogen-bond acceptors (Lipinski definition) is 8. The molecule has 0 spiro atoms. The summed E-state index contributed by atoms with van der Waals surface area (Å²) in [4.78, 5) is 33.4. The Morgan fingerprint density at radius 3 is 1.49 bits per heavy atom. The van der Waals surface area contributed by atoms with E-state index in [1.807, 2.05) is 0 Å². The molecule has 0 aromatic rings. The van der Waals surface area contributed by atoms with Crippen LogP contribution in [0.4, 0.5) is 0 Å². The first-order valence-electron chi connectivity index (χ1n) is 20.7. The van der Waals surface area contributed by atoms with Crippen molar-refractivity contribution in [3.8, 4) is 0 Å². The van der Waals surface area contributed by atoms with Gasteiger partial charge in [0.25, 0.3) is 0 Å². The number of unbranched alkanes of at least 4 members (excludes halogenated alkanes) is 24. The highest BCUT2D eigenvalue weighted by Gasteiger charge is 2.27. The van der Waals surface area contributed by atoms with Gasteiger partial charge in [0.2, 0.25) is 0 Å². The summed E-state index contributed by atoms with van der Waals surface area (Å²) < 4.78 is 33.2. The second-order valence-corrected chi connectivity index (χ2v) is 15.6. The Labute approximate surface area is 312 Å². The maximum absolute atomic E-state index is 12.5. The fourth-order valence-corrected chi connectivity index (χ4v) is 6.55. The van der Waals surface area contributed by atoms with E-state index in [0.29, 0.717) is 13.0 Å². The Morgan fingerprint density at radius 2 is 1.02 bits per heavy atom. The lowest BCUT2D eigenvalue weighted by Gasteiger charge is -2.20. The van der Waals surface area contributed by atoms with Crippen molar-refractivity contribution in [3.63, 3.8) is 0 Å². The Hall–Kier alpha value is -1.29. The smallest absolute Gasteiger partial charge is 0.472 e. The van der Waals surface area contributed by atoms with Gasteiger partial charge in [-0.2, -0.15) is 0 Å². The zero-order chi connectivity index (χ0) is 37.7. The zero-order valence-corrected chi connectivity index (χ0v) is 33.6. The first-order valence-corrected chi connectivity index (χ1v) is 22.2. The van der Waals surface area contributed by atoms with Crippen LogP contribution < -0.4 is 5.73 Å². The monoisotopic (exact) mass is 748 g/mol. The fourth-order valence-electron chi connectivity index (χ4n) is 5.77. The maximum atomic E-state index is 12.5. The third-order valence-electron chi connectivity index (χ3n) is 9.04. The number of carboxylic acids is 1. The molecule has 302 valence electrons. The lowest BCUT2D eigenvalue weighted by molar-refractivity contribution is -0.154. The van der Waals surface area contributed by atoms with Crippen molar-refractivity contribution < 1.29 is 42.7 Å². The highest BCUT2D eigenvalue weighted by molar-refractivity contribution is 7.47. The van der Waals surface area contributed by atoms with Crippen LogP contribution in [0.2, 0.25) is 0 Å². The molecule has 0 rings (SSSR count). The minimum atomic E-state index is -4.60. The van der Waals surface area contributed by atoms with E-state index in [2.05, 4.69) is 26.0 Å². The average Bonchev–Trinajstić information content (AvgIpc) is 3.10. The summed E-state index contributed by atoms with van der Waals surface area (Å²) in [6.45, 7) is 3.87. The van der Waals surface area contributed by atoms with E-state index in [-0.39, 0.29) is 13.0 Å². The number of rotatable bonds is 40. The molecular formula is C40H78NO9P. The Balaban J connectivity index is 4.17. The normalized spacial score (nSPS) is 14.1. The zero-order valence-electron chi connectivity index (χ0n) is 32.7. The number of carbonyl (C=O) groups excluding carboxylic acids is 1. The summed E-state index contributed by atoms with van der Waals surface area (Å²) in [6, 6.07) is -1.47. The van der Waals surface area contributed by atoms with E-state index < -0.39 is 45.1 Å². The maximum Gasteiger partial charge on any atom is 0.472 e. The summed E-state index contributed by atoms with van der Waals surface area (Å²) in [5.41, 5.74) is 5.34. The lowest BCUT2D eigenvalue weighted by atomic mass is 10.1. The van der Waals surface area contributed by atoms with Gasteiger partial charge < -0.3 is 25.2 Å². The molecule has 0 fully saturated rings. The van der Waals surface area contributed by atoms with Crippen LogP contribution in [0.25, 0.3) is 0 Å². The molecule has 4 N–H and O–H groups in total. The van der Waals surface area contributed by atoms with Crippen molar-refractivity contribution in [3.05, 3.63) is 12.2 Å². The van der Waals surface area contributed by atoms with Crippen LogP contribution in [0.5, 0.6) is 0 Å². The molecule has 0 aliphatic rings. The van der Waals surface area contributed by atoms with E-state index in [4.69, 9.17) is 29.4 Å². The van der Waals surface area contributed by atoms with Gasteiger partial charge in [-0.15, -0.1) is 0 Å². The topological polar surface area (TPSA) is 155 Å². The SMILES string of the molecule is CCCCCCCCC/C=C\CCCCCCCCCCOCC(COP(=O)(O)OCC(N)C(=O)O)OC(=O)CCCCCCCCCCCC. The van der Waals surface area contributed by atoms with Crippen LogP contribution in [-0.4, -0.2) is 60.5 Å². The standard InChI is InChI=1S/C40H78NO9P/c1-3-5-7-9-11-13-15-16-17-18-19-20-21-22-23-25-27-29-31-33-47-34-37(35-48-51(45,46)49-36-38(41)40(43)44)50-39(42)32-30-28-26-24-14-12-10-8-6-4-2/h17-18,37-38H,3-16,19-36,41H2,1-2H3,(H,43,44)(H,45,46)/b18-17-. The number of ether oxygens (including phenoxy) is 2. The Bertz CT molecular complexity index is 873. The number of allylic oxidation sites excluding steroid dienone is 2. The van der Waals surface area contributed by atoms with Gasteiger partial charge in [0.05, 0.1) is 19.8 Å². The predicted octanol–water partition coefficient (Wildman–Crippen LogP) is 11.0. The van der Waals surface area contributed by atoms with E-state index in [0.717, 1.165) is 32.1 Å². The number of carbonyl (C=O) groups is 2. The molecule has 0 bridgehead atoms. The number of nitrogens with two attached hydrogens (primary N) is 1. The molecule has 0 aromatic heterocycles. The van der Waals surface area contributed by atoms with Crippen LogP contribution in [0.15, 0.2) is 12.2 Å². The minimum Gasteiger partial charge on any atom is -0.480 e. The summed E-state index contributed by atoms with van der Waals surface area (Å²) >= 11 is 0. The molecule has 0 aromatic carbocycles. The first kappa shape index (κ1) is 49.7. The molecule has 0 saturated carbocycles. The molecule has 0 aliphatic carbocycles. The van der Waals surface area contributed by atoms with E-state index >= 15 is 0 Å². The van der Waals surface area contributed by atoms with Gasteiger partial charge in [0.1, 0.15) is 12.1 Å². The third kappa shape index (κ3) is 36.8. The van der Waals surface area contributed by atoms with Crippen molar-refractivity contribution >= 4 is 19.8 Å². The van der Waals surface area contributed by atoms with Crippen molar-refractivity contribution in [1.82, 2.24) is 0 Å². The number of hydrogen-bond donors (Lipinski definition) is 3. The molecule has 0 radical (unpaired) electrons. The van der Waals surface area contributed by atoms with Gasteiger partial charge in [-0.3, -0.25) is 18.6 Å². The number of phosphoric ester groups is 1. The first-order chi connectivity index (χ1) is 24.7. The van der Waals surface area contributed by atoms with Crippen LogP contribution in [0.1, 0.15) is 194 Å². The van der Waals surface area contributed by atoms with Gasteiger partial charge in [-0.25, -0.2) is 4.57 Å². The summed E-state index contributed by atoms with van der Waals surface area (Å²) in [5.74, 6) is -1.78. The molecule has 51 heavy (non-hydrogen) atoms. The van der Waals surface area contributed by atoms with Crippen molar-refractivity contribution in [2.45, 2.75) is 206 Å². The predicted molar refractivity (Wildman–Crippen MR) is 208 cm³/mol. The molecule has 0 saturated heterocycles. The third-order valence-corrected chi connectivity index (χ3v) is 10.00. The molecule has 0 aliphatic heterocycles. The number of carboxylic acid groups (broad SMARTS) is 1. The van der Waals surface area contributed by atoms with Gasteiger partial charge in [0, 0.05) is 13.0 Å². The summed E-state index contributed by atoms with van der Waals surface area (Å²) in [6.07, 6.45) is 37.0. The minimum absolute atomic E-state index is 0.0197. The van der Waals surface area contributed by atoms with E-state index in [1.54, 1.807) is 0 Å². The van der Waals surface area contributed by atoms with Crippen LogP contribution in [0.3, 0.4) is 0 Å². The molecule has 0 amide bonds. The number of aliphatic carboxylic acids is 1. The van der Waals surface area contributed by atoms with Gasteiger partial charge in [-0.1, -0.05) is 161 Å². The highest BCUT2D eigenvalue weighted by Crippen LogP contribution is 2.43. The molecule has 10 nitrogen and oxygen atoms in total. The Kier molecular flexibility index (Phi) is 36.1. The summed E-state index contributed by atoms with van der Waals surface area (Å²) in [7, 11) is -4.60. The molecule has 3 unspecified atom stereocenters. The van der Waals surface area contributed by atoms with Gasteiger partial charge in [0.15, 0.2) is 0 Å².